The SMILES string of the molecule is C=CCCCCCCCCCOc1ccc(-c2ccc(OCCCCCCCCCCC(OCC)OCC)cc2)cc1.CCC(C)O.CCCCCCC=O.CCOC(=O)c1ccc(CC(=O)c2ccc(-c3ccc(OCCCCCCCCCCC(OCC)OCC)cc3)cc2)cc1.I[I-]I.[I][V][I]. The molecule has 0 aliphatic carbocycles. The molecule has 18 heteroatoms. The van der Waals surface area contributed by atoms with E-state index in [-0.39, 0.29) is 36.9 Å². The van der Waals surface area contributed by atoms with E-state index in [1.807, 2.05) is 77.1 Å². The number of benzene rings is 5. The fourth-order valence-corrected chi connectivity index (χ4v) is 11.0. The monoisotopic (exact) mass is 2060 g/mol. The number of carbonyl (C=O) groups is 3. The van der Waals surface area contributed by atoms with E-state index in [0.717, 1.165) is 131 Å². The molecule has 0 saturated carbocycles. The third kappa shape index (κ3) is 60.4. The summed E-state index contributed by atoms with van der Waals surface area (Å²) >= 11 is 10.0. The van der Waals surface area contributed by atoms with Crippen LogP contribution in [0.15, 0.2) is 134 Å². The van der Waals surface area contributed by atoms with Crippen molar-refractivity contribution in [3.8, 4) is 39.5 Å². The number of ether oxygens (including phenoxy) is 8. The summed E-state index contributed by atoms with van der Waals surface area (Å²) < 4.78 is 45.4. The Balaban J connectivity index is 0.00000165. The fourth-order valence-electron chi connectivity index (χ4n) is 11.0. The molecule has 0 fully saturated rings. The van der Waals surface area contributed by atoms with E-state index in [1.54, 1.807) is 38.1 Å². The number of rotatable bonds is 56. The van der Waals surface area contributed by atoms with Crippen molar-refractivity contribution in [2.75, 3.05) is 52.9 Å². The molecule has 0 amide bonds. The summed E-state index contributed by atoms with van der Waals surface area (Å²) in [6.07, 6.45) is 41.5. The zero-order chi connectivity index (χ0) is 77.3. The predicted molar refractivity (Wildman–Crippen MR) is 468 cm³/mol. The van der Waals surface area contributed by atoms with Crippen molar-refractivity contribution in [3.63, 3.8) is 0 Å². The van der Waals surface area contributed by atoms with Gasteiger partial charge in [0.05, 0.1) is 38.1 Å². The molecule has 0 radical (unpaired) electrons. The van der Waals surface area contributed by atoms with E-state index in [9.17, 15) is 14.4 Å². The molecule has 0 heterocycles. The summed E-state index contributed by atoms with van der Waals surface area (Å²) in [6, 6.07) is 39.8. The first-order valence-electron chi connectivity index (χ1n) is 39.4. The van der Waals surface area contributed by atoms with Gasteiger partial charge in [-0.15, -0.1) is 6.58 Å². The van der Waals surface area contributed by atoms with Gasteiger partial charge in [-0.2, -0.15) is 0 Å². The summed E-state index contributed by atoms with van der Waals surface area (Å²) in [5.41, 5.74) is 6.55. The molecule has 0 aliphatic heterocycles. The standard InChI is InChI=1S/C38H50O6.C38H60O4.C7H14O.C4H10O.I3.2HI.V/c1-4-41-37(42-5-2)15-13-11-9-7-8-10-12-14-28-44-35-26-24-32(25-27-35)31-20-22-33(23-21-31)36(39)29-30-16-18-34(19-17-30)38(40)43-6-3;1-4-7-8-9-10-12-15-18-21-32-41-36-28-24-34(25-29-36)35-26-30-37(31-27-35)42-33-22-19-16-13-11-14-17-20-23-38(39-5-2)40-6-3;1-2-3-4-5-6-7-8;1-3-4(2)5;1-3-2;;;/h16-27,37H,4-15,28-29H2,1-3H3;4,24-31,38H,1,5-23,32-33H2,2-3H3;7H,2-6H2,1H3;4-5H,3H2,1-2H3;;2*1H;/q;;;;-1;;;+2/p-2. The summed E-state index contributed by atoms with van der Waals surface area (Å²) in [5.74, 6) is 2.47. The number of esters is 1. The first-order chi connectivity index (χ1) is 51.3. The van der Waals surface area contributed by atoms with Crippen molar-refractivity contribution in [3.05, 3.63) is 151 Å². The Kier molecular flexibility index (Phi) is 76.0. The predicted octanol–water partition coefficient (Wildman–Crippen LogP) is 24.0. The maximum absolute atomic E-state index is 12.8. The van der Waals surface area contributed by atoms with Crippen LogP contribution in [-0.4, -0.2) is 94.7 Å². The normalized spacial score (nSPS) is 10.9. The number of ketones is 1. The van der Waals surface area contributed by atoms with Crippen molar-refractivity contribution in [2.24, 2.45) is 0 Å². The van der Waals surface area contributed by atoms with Crippen LogP contribution >= 0.6 is 77.2 Å². The number of Topliss-reactive ketones (excluding diaryl/α,β-unsaturated/α-hetero) is 1. The van der Waals surface area contributed by atoms with E-state index < -0.39 is 0 Å². The molecule has 5 rings (SSSR count). The van der Waals surface area contributed by atoms with Crippen molar-refractivity contribution in [2.45, 2.75) is 286 Å². The van der Waals surface area contributed by atoms with Crippen molar-refractivity contribution in [1.82, 2.24) is 0 Å². The molecule has 0 spiro atoms. The van der Waals surface area contributed by atoms with Crippen molar-refractivity contribution < 1.29 is 80.1 Å². The van der Waals surface area contributed by atoms with Gasteiger partial charge in [-0.3, -0.25) is 4.79 Å². The molecule has 1 atom stereocenters. The van der Waals surface area contributed by atoms with Gasteiger partial charge in [0, 0.05) is 44.8 Å². The minimum atomic E-state index is -0.352. The van der Waals surface area contributed by atoms with Crippen LogP contribution in [0, 0.1) is 0 Å². The average Bonchev–Trinajstić information content (AvgIpc) is 0.855. The molecule has 0 aliphatic rings. The Morgan fingerprint density at radius 1 is 0.438 bits per heavy atom. The topological polar surface area (TPSA) is 145 Å². The Morgan fingerprint density at radius 2 is 0.733 bits per heavy atom. The van der Waals surface area contributed by atoms with E-state index >= 15 is 0 Å². The number of hydrogen-bond donors (Lipinski definition) is 1. The van der Waals surface area contributed by atoms with Crippen LogP contribution in [-0.2, 0) is 44.4 Å². The van der Waals surface area contributed by atoms with Gasteiger partial charge in [-0.1, -0.05) is 221 Å². The van der Waals surface area contributed by atoms with Crippen LogP contribution in [0.3, 0.4) is 0 Å². The second-order valence-corrected chi connectivity index (χ2v) is 53.6. The van der Waals surface area contributed by atoms with E-state index in [0.29, 0.717) is 53.7 Å². The molecular weight excluding hydrogens is 1920 g/mol. The molecule has 1 unspecified atom stereocenters. The number of unbranched alkanes of at least 4 members (excludes halogenated alkanes) is 25. The fraction of sp³-hybridized carbons (Fsp3) is 0.598. The third-order valence-corrected chi connectivity index (χ3v) is 17.0. The molecule has 1 N–H and O–H groups in total. The Bertz CT molecular complexity index is 2710. The van der Waals surface area contributed by atoms with Crippen molar-refractivity contribution >= 4 is 95.2 Å². The van der Waals surface area contributed by atoms with Gasteiger partial charge in [0.15, 0.2) is 18.4 Å². The summed E-state index contributed by atoms with van der Waals surface area (Å²) in [7, 11) is 0.628. The van der Waals surface area contributed by atoms with Gasteiger partial charge >= 0.3 is 106 Å². The van der Waals surface area contributed by atoms with E-state index in [4.69, 9.17) is 43.0 Å². The first kappa shape index (κ1) is 103. The number of aliphatic hydroxyl groups excluding tert-OH is 1. The van der Waals surface area contributed by atoms with Gasteiger partial charge in [0.25, 0.3) is 0 Å². The molecule has 0 aromatic heterocycles. The minimum absolute atomic E-state index is 0.0137. The Hall–Kier alpha value is -1.92. The Labute approximate surface area is 696 Å². The van der Waals surface area contributed by atoms with Crippen LogP contribution in [0.2, 0.25) is 0 Å². The second kappa shape index (κ2) is 77.4. The van der Waals surface area contributed by atoms with Gasteiger partial charge in [-0.05, 0) is 189 Å². The van der Waals surface area contributed by atoms with Gasteiger partial charge in [-0.25, -0.2) is 4.79 Å². The number of halogens is 5. The zero-order valence-electron chi connectivity index (χ0n) is 65.4. The van der Waals surface area contributed by atoms with Crippen LogP contribution < -0.4 is 27.5 Å². The van der Waals surface area contributed by atoms with Crippen LogP contribution in [0.1, 0.15) is 287 Å². The number of aliphatic hydroxyl groups is 1. The van der Waals surface area contributed by atoms with Crippen LogP contribution in [0.25, 0.3) is 22.3 Å². The third-order valence-electron chi connectivity index (χ3n) is 17.0. The number of carbonyl (C=O) groups excluding carboxylic acids is 3. The first-order valence-corrected chi connectivity index (χ1v) is 61.0. The quantitative estimate of drug-likeness (QED) is 0.00752. The molecule has 5 aromatic carbocycles. The molecule has 0 saturated heterocycles. The molecule has 0 bridgehead atoms. The number of allylic oxidation sites excluding steroid dienone is 1. The zero-order valence-corrected chi connectivity index (χ0v) is 77.6. The molecular formula is C87H134I5O12V-. The molecule has 595 valence electrons. The number of aldehydes is 1. The van der Waals surface area contributed by atoms with Gasteiger partial charge in [0.1, 0.15) is 23.5 Å². The van der Waals surface area contributed by atoms with Crippen LogP contribution in [0.5, 0.6) is 17.2 Å². The Morgan fingerprint density at radius 3 is 1.04 bits per heavy atom. The van der Waals surface area contributed by atoms with E-state index in [1.165, 1.54) is 159 Å². The molecule has 12 nitrogen and oxygen atoms in total. The maximum atomic E-state index is 12.8. The summed E-state index contributed by atoms with van der Waals surface area (Å²) in [6.45, 7) is 25.1. The summed E-state index contributed by atoms with van der Waals surface area (Å²) in [5, 5.41) is 8.36. The van der Waals surface area contributed by atoms with E-state index in [2.05, 4.69) is 151 Å². The second-order valence-electron chi connectivity index (χ2n) is 25.6. The van der Waals surface area contributed by atoms with Gasteiger partial charge in [0.2, 0.25) is 0 Å². The van der Waals surface area contributed by atoms with Crippen molar-refractivity contribution in [1.29, 1.82) is 0 Å². The van der Waals surface area contributed by atoms with Crippen LogP contribution in [0.4, 0.5) is 0 Å². The number of hydrogen-bond acceptors (Lipinski definition) is 12. The van der Waals surface area contributed by atoms with Gasteiger partial charge < -0.3 is 47.8 Å². The molecule has 105 heavy (non-hydrogen) atoms. The summed E-state index contributed by atoms with van der Waals surface area (Å²) in [4.78, 5) is 34.4. The average molecular weight is 2060 g/mol. The molecule has 5 aromatic rings.